The number of carbonyl (C=O) groups is 1. The van der Waals surface area contributed by atoms with Crippen LogP contribution in [0.5, 0.6) is 0 Å². The number of rotatable bonds is 5. The summed E-state index contributed by atoms with van der Waals surface area (Å²) in [6.07, 6.45) is 4.00. The van der Waals surface area contributed by atoms with Gasteiger partial charge in [0, 0.05) is 10.3 Å². The predicted octanol–water partition coefficient (Wildman–Crippen LogP) is 3.62. The lowest BCUT2D eigenvalue weighted by Crippen LogP contribution is -2.44. The number of carbonyl (C=O) groups excluding carboxylic acids is 1. The van der Waals surface area contributed by atoms with E-state index < -0.39 is 0 Å². The van der Waals surface area contributed by atoms with E-state index in [4.69, 9.17) is 4.74 Å². The van der Waals surface area contributed by atoms with Crippen LogP contribution in [0.3, 0.4) is 0 Å². The zero-order valence-electron chi connectivity index (χ0n) is 11.9. The lowest BCUT2D eigenvalue weighted by atomic mass is 9.78. The highest BCUT2D eigenvalue weighted by Gasteiger charge is 2.40. The van der Waals surface area contributed by atoms with Gasteiger partial charge in [0.15, 0.2) is 5.78 Å². The minimum atomic E-state index is -0.106. The van der Waals surface area contributed by atoms with Crippen LogP contribution in [-0.2, 0) is 9.53 Å². The summed E-state index contributed by atoms with van der Waals surface area (Å²) >= 11 is 2.40. The van der Waals surface area contributed by atoms with E-state index in [2.05, 4.69) is 50.9 Å². The van der Waals surface area contributed by atoms with Gasteiger partial charge in [-0.05, 0) is 30.1 Å². The third kappa shape index (κ3) is 3.80. The molecule has 0 saturated carbocycles. The van der Waals surface area contributed by atoms with Crippen molar-refractivity contribution >= 4 is 42.9 Å². The van der Waals surface area contributed by atoms with E-state index in [1.807, 2.05) is 12.1 Å². The maximum absolute atomic E-state index is 12.3. The normalized spacial score (nSPS) is 26.8. The van der Waals surface area contributed by atoms with Crippen LogP contribution in [0.15, 0.2) is 24.3 Å². The molecule has 1 aliphatic rings. The highest BCUT2D eigenvalue weighted by Crippen LogP contribution is 2.39. The van der Waals surface area contributed by atoms with Gasteiger partial charge in [-0.15, -0.1) is 9.24 Å². The first kappa shape index (κ1) is 16.4. The first-order chi connectivity index (χ1) is 9.60. The van der Waals surface area contributed by atoms with Crippen LogP contribution in [0.25, 0.3) is 0 Å². The first-order valence-corrected chi connectivity index (χ1v) is 9.28. The summed E-state index contributed by atoms with van der Waals surface area (Å²) in [5.41, 5.74) is 1.03. The van der Waals surface area contributed by atoms with Crippen molar-refractivity contribution in [2.45, 2.75) is 44.1 Å². The number of benzene rings is 1. The molecule has 0 aliphatic carbocycles. The van der Waals surface area contributed by atoms with Crippen LogP contribution in [0, 0.1) is 0 Å². The van der Waals surface area contributed by atoms with Gasteiger partial charge < -0.3 is 4.74 Å². The molecule has 4 heteroatoms. The minimum Gasteiger partial charge on any atom is -0.367 e. The molecule has 0 spiro atoms. The van der Waals surface area contributed by atoms with Crippen molar-refractivity contribution < 1.29 is 9.53 Å². The molecule has 0 N–H and O–H groups in total. The van der Waals surface area contributed by atoms with E-state index in [-0.39, 0.29) is 23.9 Å². The van der Waals surface area contributed by atoms with Crippen molar-refractivity contribution in [2.24, 2.45) is 0 Å². The molecule has 110 valence electrons. The summed E-state index contributed by atoms with van der Waals surface area (Å²) in [7, 11) is 2.71. The Kier molecular flexibility index (Phi) is 6.00. The van der Waals surface area contributed by atoms with Crippen LogP contribution in [-0.4, -0.2) is 22.4 Å². The Morgan fingerprint density at radius 2 is 2.25 bits per heavy atom. The van der Waals surface area contributed by atoms with Crippen molar-refractivity contribution in [3.8, 4) is 0 Å². The average Bonchev–Trinajstić information content (AvgIpc) is 2.42. The smallest absolute Gasteiger partial charge is 0.166 e. The molecule has 2 rings (SSSR count). The Balaban J connectivity index is 2.25. The number of hydrogen-bond donors (Lipinski definition) is 0. The highest BCUT2D eigenvalue weighted by molar-refractivity contribution is 14.1. The third-order valence-electron chi connectivity index (χ3n) is 4.05. The van der Waals surface area contributed by atoms with E-state index in [0.717, 1.165) is 41.0 Å². The Hall–Kier alpha value is 0.01000. The van der Waals surface area contributed by atoms with E-state index in [0.29, 0.717) is 0 Å². The zero-order valence-corrected chi connectivity index (χ0v) is 15.2. The summed E-state index contributed by atoms with van der Waals surface area (Å²) in [5, 5.41) is 1.14. The Morgan fingerprint density at radius 3 is 2.90 bits per heavy atom. The fourth-order valence-electron chi connectivity index (χ4n) is 3.05. The Labute approximate surface area is 137 Å². The van der Waals surface area contributed by atoms with Gasteiger partial charge in [-0.2, -0.15) is 0 Å². The van der Waals surface area contributed by atoms with Gasteiger partial charge in [0.05, 0.1) is 5.60 Å². The number of ether oxygens (including phenoxy) is 1. The molecular weight excluding hydrogens is 382 g/mol. The average molecular weight is 404 g/mol. The van der Waals surface area contributed by atoms with Crippen LogP contribution in [0.1, 0.15) is 44.1 Å². The van der Waals surface area contributed by atoms with Crippen molar-refractivity contribution in [3.05, 3.63) is 29.8 Å². The predicted molar refractivity (Wildman–Crippen MR) is 95.2 cm³/mol. The number of alkyl halides is 1. The lowest BCUT2D eigenvalue weighted by molar-refractivity contribution is -0.147. The zero-order chi connectivity index (χ0) is 14.6. The van der Waals surface area contributed by atoms with Crippen molar-refractivity contribution in [1.82, 2.24) is 0 Å². The van der Waals surface area contributed by atoms with Crippen molar-refractivity contribution in [1.29, 1.82) is 0 Å². The maximum atomic E-state index is 12.3. The fraction of sp³-hybridized carbons (Fsp3) is 0.562. The molecule has 0 bridgehead atoms. The Bertz CT molecular complexity index is 469. The van der Waals surface area contributed by atoms with Gasteiger partial charge in [0.1, 0.15) is 6.61 Å². The number of halogens is 1. The van der Waals surface area contributed by atoms with E-state index in [9.17, 15) is 4.79 Å². The second-order valence-electron chi connectivity index (χ2n) is 5.55. The van der Waals surface area contributed by atoms with Crippen LogP contribution < -0.4 is 5.30 Å². The van der Waals surface area contributed by atoms with Crippen molar-refractivity contribution in [2.75, 3.05) is 11.0 Å². The first-order valence-electron chi connectivity index (χ1n) is 7.18. The minimum absolute atomic E-state index is 0.00116. The molecule has 1 aromatic carbocycles. The highest BCUT2D eigenvalue weighted by atomic mass is 127. The SMILES string of the molecule is CCCC1(CCI)CC(c2cccc(P)c2)C(=O)CO1. The second-order valence-corrected chi connectivity index (χ2v) is 7.30. The molecule has 1 heterocycles. The lowest BCUT2D eigenvalue weighted by Gasteiger charge is -2.40. The van der Waals surface area contributed by atoms with Crippen LogP contribution in [0.2, 0.25) is 0 Å². The van der Waals surface area contributed by atoms with Crippen molar-refractivity contribution in [3.63, 3.8) is 0 Å². The molecular formula is C16H22IO2P. The van der Waals surface area contributed by atoms with E-state index in [1.165, 1.54) is 0 Å². The van der Waals surface area contributed by atoms with Gasteiger partial charge in [-0.3, -0.25) is 4.79 Å². The number of hydrogen-bond acceptors (Lipinski definition) is 2. The molecule has 2 nitrogen and oxygen atoms in total. The standard InChI is InChI=1S/C16H22IO2P/c1-2-6-16(7-8-17)10-14(15(18)11-19-16)12-4-3-5-13(20)9-12/h3-5,9,14H,2,6-8,10-11,20H2,1H3. The van der Waals surface area contributed by atoms with Gasteiger partial charge in [0.2, 0.25) is 0 Å². The summed E-state index contributed by atoms with van der Waals surface area (Å²) in [6.45, 7) is 2.45. The maximum Gasteiger partial charge on any atom is 0.166 e. The molecule has 0 aromatic heterocycles. The van der Waals surface area contributed by atoms with E-state index >= 15 is 0 Å². The fourth-order valence-corrected chi connectivity index (χ4v) is 4.34. The van der Waals surface area contributed by atoms with Gasteiger partial charge in [0.25, 0.3) is 0 Å². The molecule has 1 aliphatic heterocycles. The van der Waals surface area contributed by atoms with Gasteiger partial charge in [-0.1, -0.05) is 60.2 Å². The van der Waals surface area contributed by atoms with Gasteiger partial charge >= 0.3 is 0 Å². The number of ketones is 1. The number of Topliss-reactive ketones (excluding diaryl/α,β-unsaturated/α-hetero) is 1. The topological polar surface area (TPSA) is 26.3 Å². The third-order valence-corrected chi connectivity index (χ3v) is 4.95. The summed E-state index contributed by atoms with van der Waals surface area (Å²) in [5.74, 6) is 0.222. The summed E-state index contributed by atoms with van der Waals surface area (Å²) < 4.78 is 7.05. The summed E-state index contributed by atoms with van der Waals surface area (Å²) in [4.78, 5) is 12.3. The molecule has 0 radical (unpaired) electrons. The van der Waals surface area contributed by atoms with Gasteiger partial charge in [-0.25, -0.2) is 0 Å². The monoisotopic (exact) mass is 404 g/mol. The molecule has 1 fully saturated rings. The van der Waals surface area contributed by atoms with Crippen LogP contribution >= 0.6 is 31.8 Å². The molecule has 3 atom stereocenters. The molecule has 1 saturated heterocycles. The molecule has 0 amide bonds. The van der Waals surface area contributed by atoms with E-state index in [1.54, 1.807) is 0 Å². The summed E-state index contributed by atoms with van der Waals surface area (Å²) in [6, 6.07) is 8.25. The molecule has 1 aromatic rings. The van der Waals surface area contributed by atoms with Crippen LogP contribution in [0.4, 0.5) is 0 Å². The molecule has 20 heavy (non-hydrogen) atoms. The second kappa shape index (κ2) is 7.33. The largest absolute Gasteiger partial charge is 0.367 e. The molecule has 3 unspecified atom stereocenters. The quantitative estimate of drug-likeness (QED) is 0.426. The Morgan fingerprint density at radius 1 is 1.45 bits per heavy atom.